The minimum absolute atomic E-state index is 0.0388. The van der Waals surface area contributed by atoms with Crippen molar-refractivity contribution in [3.05, 3.63) is 70.3 Å². The van der Waals surface area contributed by atoms with E-state index in [2.05, 4.69) is 10.6 Å². The zero-order valence-electron chi connectivity index (χ0n) is 14.3. The van der Waals surface area contributed by atoms with Crippen LogP contribution in [0.3, 0.4) is 0 Å². The number of nitro groups is 1. The van der Waals surface area contributed by atoms with Gasteiger partial charge in [-0.05, 0) is 36.3 Å². The molecule has 7 heteroatoms. The normalized spacial score (nSPS) is 10.5. The number of carbonyl (C=O) groups is 2. The lowest BCUT2D eigenvalue weighted by Gasteiger charge is -2.07. The molecule has 2 aromatic rings. The lowest BCUT2D eigenvalue weighted by Crippen LogP contribution is -2.12. The van der Waals surface area contributed by atoms with Gasteiger partial charge in [-0.25, -0.2) is 0 Å². The highest BCUT2D eigenvalue weighted by atomic mass is 16.6. The van der Waals surface area contributed by atoms with Crippen molar-refractivity contribution in [3.8, 4) is 0 Å². The Morgan fingerprint density at radius 2 is 1.77 bits per heavy atom. The van der Waals surface area contributed by atoms with Gasteiger partial charge in [0, 0.05) is 36.0 Å². The lowest BCUT2D eigenvalue weighted by molar-refractivity contribution is -0.384. The fraction of sp³-hybridized carbons (Fsp3) is 0.158. The van der Waals surface area contributed by atoms with Gasteiger partial charge in [-0.1, -0.05) is 25.1 Å². The third kappa shape index (κ3) is 5.86. The Morgan fingerprint density at radius 1 is 1.08 bits per heavy atom. The minimum Gasteiger partial charge on any atom is -0.326 e. The van der Waals surface area contributed by atoms with Crippen LogP contribution in [0.15, 0.2) is 54.6 Å². The van der Waals surface area contributed by atoms with Crippen molar-refractivity contribution in [2.75, 3.05) is 10.6 Å². The van der Waals surface area contributed by atoms with Crippen molar-refractivity contribution in [3.63, 3.8) is 0 Å². The van der Waals surface area contributed by atoms with Gasteiger partial charge in [0.1, 0.15) is 0 Å². The predicted molar refractivity (Wildman–Crippen MR) is 101 cm³/mol. The first-order chi connectivity index (χ1) is 12.5. The summed E-state index contributed by atoms with van der Waals surface area (Å²) in [5.41, 5.74) is 1.65. The Hall–Kier alpha value is -3.48. The summed E-state index contributed by atoms with van der Waals surface area (Å²) in [5, 5.41) is 16.2. The molecule has 0 fully saturated rings. The zero-order valence-corrected chi connectivity index (χ0v) is 14.3. The maximum atomic E-state index is 12.0. The number of hydrogen-bond acceptors (Lipinski definition) is 4. The number of anilines is 2. The van der Waals surface area contributed by atoms with E-state index in [1.165, 1.54) is 24.3 Å². The van der Waals surface area contributed by atoms with Crippen molar-refractivity contribution in [2.45, 2.75) is 19.8 Å². The van der Waals surface area contributed by atoms with E-state index in [0.717, 1.165) is 6.42 Å². The molecule has 2 rings (SSSR count). The van der Waals surface area contributed by atoms with E-state index in [0.29, 0.717) is 23.4 Å². The molecule has 2 N–H and O–H groups in total. The summed E-state index contributed by atoms with van der Waals surface area (Å²) in [4.78, 5) is 33.9. The van der Waals surface area contributed by atoms with Gasteiger partial charge in [-0.15, -0.1) is 0 Å². The van der Waals surface area contributed by atoms with Crippen LogP contribution in [0, 0.1) is 10.1 Å². The maximum absolute atomic E-state index is 12.0. The topological polar surface area (TPSA) is 101 Å². The summed E-state index contributed by atoms with van der Waals surface area (Å²) >= 11 is 0. The van der Waals surface area contributed by atoms with Crippen molar-refractivity contribution < 1.29 is 14.5 Å². The van der Waals surface area contributed by atoms with E-state index in [9.17, 15) is 19.7 Å². The number of carbonyl (C=O) groups excluding carboxylic acids is 2. The number of hydrogen-bond donors (Lipinski definition) is 2. The average molecular weight is 353 g/mol. The Balaban J connectivity index is 2.00. The van der Waals surface area contributed by atoms with E-state index in [4.69, 9.17) is 0 Å². The highest BCUT2D eigenvalue weighted by molar-refractivity contribution is 6.02. The first kappa shape index (κ1) is 18.9. The first-order valence-corrected chi connectivity index (χ1v) is 8.11. The molecule has 0 aromatic heterocycles. The second-order valence-corrected chi connectivity index (χ2v) is 5.55. The summed E-state index contributed by atoms with van der Waals surface area (Å²) in [6.45, 7) is 1.92. The molecule has 7 nitrogen and oxygen atoms in total. The van der Waals surface area contributed by atoms with E-state index in [1.54, 1.807) is 36.4 Å². The number of rotatable bonds is 7. The van der Waals surface area contributed by atoms with Gasteiger partial charge in [0.15, 0.2) is 0 Å². The fourth-order valence-electron chi connectivity index (χ4n) is 2.22. The van der Waals surface area contributed by atoms with Gasteiger partial charge in [-0.2, -0.15) is 0 Å². The molecular weight excluding hydrogens is 334 g/mol. The summed E-state index contributed by atoms with van der Waals surface area (Å²) in [6, 6.07) is 12.8. The number of nitrogens with zero attached hydrogens (tertiary/aromatic N) is 1. The average Bonchev–Trinajstić information content (AvgIpc) is 2.60. The lowest BCUT2D eigenvalue weighted by atomic mass is 10.2. The molecule has 0 saturated carbocycles. The second kappa shape index (κ2) is 9.12. The quantitative estimate of drug-likeness (QED) is 0.446. The Labute approximate surface area is 150 Å². The Morgan fingerprint density at radius 3 is 2.46 bits per heavy atom. The predicted octanol–water partition coefficient (Wildman–Crippen LogP) is 3.99. The van der Waals surface area contributed by atoms with E-state index in [1.807, 2.05) is 6.92 Å². The molecule has 0 bridgehead atoms. The molecule has 26 heavy (non-hydrogen) atoms. The molecule has 0 unspecified atom stereocenters. The summed E-state index contributed by atoms with van der Waals surface area (Å²) in [7, 11) is 0. The second-order valence-electron chi connectivity index (χ2n) is 5.55. The highest BCUT2D eigenvalue weighted by Gasteiger charge is 2.05. The third-order valence-electron chi connectivity index (χ3n) is 3.40. The number of benzene rings is 2. The van der Waals surface area contributed by atoms with Gasteiger partial charge >= 0.3 is 0 Å². The largest absolute Gasteiger partial charge is 0.326 e. The molecule has 2 aromatic carbocycles. The van der Waals surface area contributed by atoms with Crippen LogP contribution >= 0.6 is 0 Å². The van der Waals surface area contributed by atoms with E-state index < -0.39 is 4.92 Å². The van der Waals surface area contributed by atoms with Crippen LogP contribution in [0.1, 0.15) is 25.3 Å². The minimum atomic E-state index is -0.490. The molecule has 0 aliphatic rings. The molecule has 0 heterocycles. The smallest absolute Gasteiger partial charge is 0.270 e. The van der Waals surface area contributed by atoms with Crippen molar-refractivity contribution >= 4 is 35.0 Å². The molecule has 0 aliphatic carbocycles. The molecule has 134 valence electrons. The number of amides is 2. The zero-order chi connectivity index (χ0) is 18.9. The standard InChI is InChI=1S/C19H19N3O4/c1-2-5-18(23)20-15-7-4-8-16(13-15)21-19(24)11-10-14-6-3-9-17(12-14)22(25)26/h3-4,6-13H,2,5H2,1H3,(H,20,23)(H,21,24)/b11-10+. The molecule has 0 aliphatic heterocycles. The van der Waals surface area contributed by atoms with Crippen LogP contribution < -0.4 is 10.6 Å². The molecule has 0 radical (unpaired) electrons. The Bertz CT molecular complexity index is 846. The molecule has 0 spiro atoms. The van der Waals surface area contributed by atoms with Crippen LogP contribution in [0.5, 0.6) is 0 Å². The van der Waals surface area contributed by atoms with Gasteiger partial charge in [0.2, 0.25) is 11.8 Å². The Kier molecular flexibility index (Phi) is 6.61. The number of non-ortho nitro benzene ring substituents is 1. The highest BCUT2D eigenvalue weighted by Crippen LogP contribution is 2.16. The summed E-state index contributed by atoms with van der Waals surface area (Å²) < 4.78 is 0. The monoisotopic (exact) mass is 353 g/mol. The van der Waals surface area contributed by atoms with E-state index >= 15 is 0 Å². The summed E-state index contributed by atoms with van der Waals surface area (Å²) in [5.74, 6) is -0.463. The molecule has 0 saturated heterocycles. The van der Waals surface area contributed by atoms with Gasteiger partial charge in [0.25, 0.3) is 5.69 Å². The van der Waals surface area contributed by atoms with Crippen LogP contribution in [-0.2, 0) is 9.59 Å². The number of nitro benzene ring substituents is 1. The van der Waals surface area contributed by atoms with Crippen LogP contribution in [0.25, 0.3) is 6.08 Å². The first-order valence-electron chi connectivity index (χ1n) is 8.11. The van der Waals surface area contributed by atoms with Crippen molar-refractivity contribution in [1.29, 1.82) is 0 Å². The van der Waals surface area contributed by atoms with Crippen LogP contribution in [-0.4, -0.2) is 16.7 Å². The van der Waals surface area contributed by atoms with Crippen molar-refractivity contribution in [1.82, 2.24) is 0 Å². The van der Waals surface area contributed by atoms with E-state index in [-0.39, 0.29) is 17.5 Å². The SMILES string of the molecule is CCCC(=O)Nc1cccc(NC(=O)/C=C/c2cccc([N+](=O)[O-])c2)c1. The molecule has 0 atom stereocenters. The van der Waals surface area contributed by atoms with Gasteiger partial charge in [0.05, 0.1) is 4.92 Å². The molecule has 2 amide bonds. The van der Waals surface area contributed by atoms with Crippen LogP contribution in [0.4, 0.5) is 17.1 Å². The maximum Gasteiger partial charge on any atom is 0.270 e. The third-order valence-corrected chi connectivity index (χ3v) is 3.40. The van der Waals surface area contributed by atoms with Crippen molar-refractivity contribution in [2.24, 2.45) is 0 Å². The number of nitrogens with one attached hydrogen (secondary N) is 2. The molecular formula is C19H19N3O4. The fourth-order valence-corrected chi connectivity index (χ4v) is 2.22. The summed E-state index contributed by atoms with van der Waals surface area (Å²) in [6.07, 6.45) is 3.98. The van der Waals surface area contributed by atoms with Gasteiger partial charge in [-0.3, -0.25) is 19.7 Å². The van der Waals surface area contributed by atoms with Crippen LogP contribution in [0.2, 0.25) is 0 Å². The van der Waals surface area contributed by atoms with Gasteiger partial charge < -0.3 is 10.6 Å².